The zero-order valence-corrected chi connectivity index (χ0v) is 6.84. The van der Waals surface area contributed by atoms with E-state index in [-0.39, 0.29) is 17.0 Å². The molecule has 0 aliphatic carbocycles. The number of carbonyl (C=O) groups is 1. The minimum atomic E-state index is 0. The van der Waals surface area contributed by atoms with Gasteiger partial charge in [0.1, 0.15) is 0 Å². The second-order valence-corrected chi connectivity index (χ2v) is 2.26. The molecule has 0 saturated carbocycles. The summed E-state index contributed by atoms with van der Waals surface area (Å²) in [5, 5.41) is 0. The van der Waals surface area contributed by atoms with E-state index in [4.69, 9.17) is 0 Å². The van der Waals surface area contributed by atoms with Crippen LogP contribution in [0.4, 0.5) is 0 Å². The van der Waals surface area contributed by atoms with Crippen LogP contribution in [-0.2, 0) is 0 Å². The van der Waals surface area contributed by atoms with Gasteiger partial charge in [0, 0.05) is 5.56 Å². The van der Waals surface area contributed by atoms with Gasteiger partial charge in [-0.25, -0.2) is 0 Å². The Balaban J connectivity index is 0.000001000. The monoisotopic (exact) mass is 170 g/mol. The predicted molar refractivity (Wildman–Crippen MR) is 48.2 cm³/mol. The maximum absolute atomic E-state index is 10.9. The Hall–Kier alpha value is -0.800. The third kappa shape index (κ3) is 2.74. The maximum Gasteiger partial charge on any atom is 0.172 e. The summed E-state index contributed by atoms with van der Waals surface area (Å²) >= 11 is 3.88. The van der Waals surface area contributed by atoms with E-state index in [1.165, 1.54) is 0 Å². The Kier molecular flexibility index (Phi) is 4.57. The van der Waals surface area contributed by atoms with Crippen molar-refractivity contribution < 1.29 is 10.3 Å². The van der Waals surface area contributed by atoms with Crippen LogP contribution in [0.5, 0.6) is 0 Å². The lowest BCUT2D eigenvalue weighted by atomic mass is 10.2. The minimum Gasteiger partial charge on any atom is -0.412 e. The predicted octanol–water partition coefficient (Wildman–Crippen LogP) is 0.974. The summed E-state index contributed by atoms with van der Waals surface area (Å²) < 4.78 is 0. The van der Waals surface area contributed by atoms with Crippen molar-refractivity contribution in [2.24, 2.45) is 0 Å². The second kappa shape index (κ2) is 4.93. The van der Waals surface area contributed by atoms with Crippen molar-refractivity contribution in [3.8, 4) is 0 Å². The second-order valence-electron chi connectivity index (χ2n) is 1.95. The number of ketones is 1. The normalized spacial score (nSPS) is 8.45. The van der Waals surface area contributed by atoms with Crippen molar-refractivity contribution in [2.45, 2.75) is 0 Å². The number of Topliss-reactive ketones (excluding diaryl/α,β-unsaturated/α-hetero) is 1. The summed E-state index contributed by atoms with van der Waals surface area (Å²) in [5.41, 5.74) is 0.734. The number of hydrogen-bond acceptors (Lipinski definition) is 2. The zero-order chi connectivity index (χ0) is 7.40. The number of carbonyl (C=O) groups excluding carboxylic acids is 1. The Morgan fingerprint density at radius 3 is 2.27 bits per heavy atom. The van der Waals surface area contributed by atoms with Gasteiger partial charge in [-0.3, -0.25) is 4.79 Å². The van der Waals surface area contributed by atoms with Gasteiger partial charge in [-0.1, -0.05) is 30.3 Å². The molecule has 2 N–H and O–H groups in total. The molecule has 0 spiro atoms. The molecular weight excluding hydrogens is 160 g/mol. The van der Waals surface area contributed by atoms with E-state index in [0.717, 1.165) is 5.56 Å². The largest absolute Gasteiger partial charge is 0.412 e. The van der Waals surface area contributed by atoms with Crippen LogP contribution in [0.25, 0.3) is 0 Å². The van der Waals surface area contributed by atoms with E-state index >= 15 is 0 Å². The third-order valence-corrected chi connectivity index (χ3v) is 1.53. The van der Waals surface area contributed by atoms with Crippen molar-refractivity contribution in [1.82, 2.24) is 0 Å². The summed E-state index contributed by atoms with van der Waals surface area (Å²) in [4.78, 5) is 10.9. The first-order valence-corrected chi connectivity index (χ1v) is 3.67. The van der Waals surface area contributed by atoms with E-state index in [2.05, 4.69) is 12.6 Å². The van der Waals surface area contributed by atoms with Gasteiger partial charge < -0.3 is 5.48 Å². The van der Waals surface area contributed by atoms with Crippen LogP contribution in [0.1, 0.15) is 10.4 Å². The molecule has 0 aliphatic heterocycles. The maximum atomic E-state index is 10.9. The van der Waals surface area contributed by atoms with Crippen molar-refractivity contribution in [2.75, 3.05) is 5.75 Å². The van der Waals surface area contributed by atoms with Crippen LogP contribution in [-0.4, -0.2) is 17.0 Å². The fraction of sp³-hybridized carbons (Fsp3) is 0.125. The molecule has 11 heavy (non-hydrogen) atoms. The lowest BCUT2D eigenvalue weighted by Gasteiger charge is -1.93. The Morgan fingerprint density at radius 1 is 1.27 bits per heavy atom. The van der Waals surface area contributed by atoms with Crippen LogP contribution >= 0.6 is 12.6 Å². The summed E-state index contributed by atoms with van der Waals surface area (Å²) in [6.45, 7) is 0. The first kappa shape index (κ1) is 10.2. The Labute approximate surface area is 71.0 Å². The first-order valence-electron chi connectivity index (χ1n) is 3.03. The van der Waals surface area contributed by atoms with Crippen molar-refractivity contribution in [3.05, 3.63) is 35.9 Å². The topological polar surface area (TPSA) is 48.6 Å². The molecule has 2 nitrogen and oxygen atoms in total. The molecule has 0 unspecified atom stereocenters. The average Bonchev–Trinajstić information content (AvgIpc) is 2.05. The zero-order valence-electron chi connectivity index (χ0n) is 5.95. The van der Waals surface area contributed by atoms with Gasteiger partial charge in [-0.05, 0) is 0 Å². The smallest absolute Gasteiger partial charge is 0.172 e. The standard InChI is InChI=1S/C8H8OS.H2O/c9-8(6-10)7-4-2-1-3-5-7;/h1-5,10H,6H2;1H2. The summed E-state index contributed by atoms with van der Waals surface area (Å²) in [6.07, 6.45) is 0. The van der Waals surface area contributed by atoms with Gasteiger partial charge in [0.2, 0.25) is 0 Å². The highest BCUT2D eigenvalue weighted by Gasteiger charge is 1.99. The van der Waals surface area contributed by atoms with Gasteiger partial charge in [-0.15, -0.1) is 0 Å². The fourth-order valence-electron chi connectivity index (χ4n) is 0.715. The molecule has 0 atom stereocenters. The molecule has 0 heterocycles. The quantitative estimate of drug-likeness (QED) is 0.522. The van der Waals surface area contributed by atoms with Crippen molar-refractivity contribution >= 4 is 18.4 Å². The van der Waals surface area contributed by atoms with Gasteiger partial charge in [0.15, 0.2) is 5.78 Å². The summed E-state index contributed by atoms with van der Waals surface area (Å²) in [5.74, 6) is 0.355. The SMILES string of the molecule is O.O=C(CS)c1ccccc1. The molecule has 60 valence electrons. The number of thiol groups is 1. The highest BCUT2D eigenvalue weighted by atomic mass is 32.1. The van der Waals surface area contributed by atoms with Gasteiger partial charge in [0.25, 0.3) is 0 Å². The lowest BCUT2D eigenvalue weighted by Crippen LogP contribution is -1.98. The number of rotatable bonds is 2. The van der Waals surface area contributed by atoms with Gasteiger partial charge in [0.05, 0.1) is 5.75 Å². The molecule has 1 aromatic rings. The Morgan fingerprint density at radius 2 is 1.82 bits per heavy atom. The van der Waals surface area contributed by atoms with Crippen LogP contribution in [0.15, 0.2) is 30.3 Å². The van der Waals surface area contributed by atoms with E-state index in [1.807, 2.05) is 18.2 Å². The van der Waals surface area contributed by atoms with E-state index in [9.17, 15) is 4.79 Å². The van der Waals surface area contributed by atoms with Crippen LogP contribution in [0.2, 0.25) is 0 Å². The molecule has 1 rings (SSSR count). The molecule has 0 radical (unpaired) electrons. The Bertz CT molecular complexity index is 221. The molecule has 1 aromatic carbocycles. The number of benzene rings is 1. The molecular formula is C8H10O2S. The molecule has 0 bridgehead atoms. The molecule has 0 amide bonds. The van der Waals surface area contributed by atoms with E-state index in [0.29, 0.717) is 0 Å². The highest BCUT2D eigenvalue weighted by Crippen LogP contribution is 1.99. The number of hydrogen-bond donors (Lipinski definition) is 1. The van der Waals surface area contributed by atoms with Gasteiger partial charge in [-0.2, -0.15) is 12.6 Å². The van der Waals surface area contributed by atoms with Crippen molar-refractivity contribution in [3.63, 3.8) is 0 Å². The highest BCUT2D eigenvalue weighted by molar-refractivity contribution is 7.81. The van der Waals surface area contributed by atoms with Gasteiger partial charge >= 0.3 is 0 Å². The lowest BCUT2D eigenvalue weighted by molar-refractivity contribution is 0.102. The molecule has 0 fully saturated rings. The van der Waals surface area contributed by atoms with Crippen LogP contribution in [0.3, 0.4) is 0 Å². The van der Waals surface area contributed by atoms with E-state index in [1.54, 1.807) is 12.1 Å². The molecule has 0 aliphatic rings. The molecule has 0 saturated heterocycles. The van der Waals surface area contributed by atoms with E-state index < -0.39 is 0 Å². The summed E-state index contributed by atoms with van der Waals surface area (Å²) in [6, 6.07) is 9.15. The molecule has 3 heteroatoms. The first-order chi connectivity index (χ1) is 4.84. The fourth-order valence-corrected chi connectivity index (χ4v) is 0.898. The minimum absolute atomic E-state index is 0. The van der Waals surface area contributed by atoms with Crippen LogP contribution < -0.4 is 0 Å². The summed E-state index contributed by atoms with van der Waals surface area (Å²) in [7, 11) is 0. The third-order valence-electron chi connectivity index (χ3n) is 1.24. The van der Waals surface area contributed by atoms with Crippen molar-refractivity contribution in [1.29, 1.82) is 0 Å². The van der Waals surface area contributed by atoms with Crippen LogP contribution in [0, 0.1) is 0 Å². The molecule has 0 aromatic heterocycles. The average molecular weight is 170 g/mol.